The van der Waals surface area contributed by atoms with E-state index < -0.39 is 11.7 Å². The minimum Gasteiger partial charge on any atom is -0.276 e. The van der Waals surface area contributed by atoms with Crippen molar-refractivity contribution in [2.24, 2.45) is 0 Å². The highest BCUT2D eigenvalue weighted by Gasteiger charge is 2.32. The number of nitrogens with zero attached hydrogens (tertiary/aromatic N) is 3. The zero-order valence-corrected chi connectivity index (χ0v) is 13.7. The van der Waals surface area contributed by atoms with Gasteiger partial charge in [-0.3, -0.25) is 4.40 Å². The Labute approximate surface area is 145 Å². The number of hydrogen-bond acceptors (Lipinski definition) is 3. The smallest absolute Gasteiger partial charge is 0.276 e. The summed E-state index contributed by atoms with van der Waals surface area (Å²) in [4.78, 5) is 0. The fraction of sp³-hybridized carbons (Fsp3) is 0.125. The van der Waals surface area contributed by atoms with Crippen LogP contribution in [0.5, 0.6) is 0 Å². The predicted molar refractivity (Wildman–Crippen MR) is 89.2 cm³/mol. The zero-order valence-electron chi connectivity index (χ0n) is 12.2. The Morgan fingerprint density at radius 2 is 1.92 bits per heavy atom. The molecule has 3 aromatic rings. The van der Waals surface area contributed by atoms with Crippen molar-refractivity contribution < 1.29 is 13.2 Å². The highest BCUT2D eigenvalue weighted by atomic mass is 35.5. The summed E-state index contributed by atoms with van der Waals surface area (Å²) in [5, 5.41) is 8.04. The third kappa shape index (κ3) is 3.73. The zero-order chi connectivity index (χ0) is 17.2. The second-order valence-electron chi connectivity index (χ2n) is 4.87. The van der Waals surface area contributed by atoms with Gasteiger partial charge in [0.2, 0.25) is 0 Å². The summed E-state index contributed by atoms with van der Waals surface area (Å²) < 4.78 is 40.0. The first-order valence-electron chi connectivity index (χ1n) is 6.91. The predicted octanol–water partition coefficient (Wildman–Crippen LogP) is 5.21. The molecule has 2 heterocycles. The molecule has 0 atom stereocenters. The highest BCUT2D eigenvalue weighted by Crippen LogP contribution is 2.33. The first kappa shape index (κ1) is 16.9. The van der Waals surface area contributed by atoms with Crippen LogP contribution in [0.25, 0.3) is 11.7 Å². The van der Waals surface area contributed by atoms with E-state index in [1.807, 2.05) is 42.5 Å². The van der Waals surface area contributed by atoms with E-state index in [1.54, 1.807) is 0 Å². The Morgan fingerprint density at radius 1 is 1.17 bits per heavy atom. The van der Waals surface area contributed by atoms with Gasteiger partial charge in [-0.05, 0) is 11.6 Å². The summed E-state index contributed by atoms with van der Waals surface area (Å²) in [5.74, 6) is 0.545. The summed E-state index contributed by atoms with van der Waals surface area (Å²) in [7, 11) is 0. The number of pyridine rings is 1. The molecule has 0 saturated carbocycles. The van der Waals surface area contributed by atoms with Crippen molar-refractivity contribution in [2.45, 2.75) is 11.3 Å². The highest BCUT2D eigenvalue weighted by molar-refractivity contribution is 7.99. The van der Waals surface area contributed by atoms with Crippen molar-refractivity contribution >= 4 is 35.1 Å². The van der Waals surface area contributed by atoms with Crippen molar-refractivity contribution in [3.63, 3.8) is 0 Å². The van der Waals surface area contributed by atoms with Gasteiger partial charge < -0.3 is 0 Å². The van der Waals surface area contributed by atoms with Crippen LogP contribution < -0.4 is 0 Å². The minimum absolute atomic E-state index is 0.0796. The number of benzene rings is 1. The first-order valence-corrected chi connectivity index (χ1v) is 8.27. The van der Waals surface area contributed by atoms with Crippen LogP contribution in [0.3, 0.4) is 0 Å². The lowest BCUT2D eigenvalue weighted by Gasteiger charge is -2.08. The van der Waals surface area contributed by atoms with E-state index in [9.17, 15) is 13.2 Å². The maximum absolute atomic E-state index is 12.9. The van der Waals surface area contributed by atoms with E-state index in [4.69, 9.17) is 11.6 Å². The van der Waals surface area contributed by atoms with Crippen LogP contribution in [-0.2, 0) is 6.18 Å². The Kier molecular flexibility index (Phi) is 4.82. The number of alkyl halides is 3. The van der Waals surface area contributed by atoms with Gasteiger partial charge >= 0.3 is 6.18 Å². The van der Waals surface area contributed by atoms with Crippen LogP contribution in [0.4, 0.5) is 13.2 Å². The van der Waals surface area contributed by atoms with Crippen molar-refractivity contribution in [3.8, 4) is 0 Å². The summed E-state index contributed by atoms with van der Waals surface area (Å²) in [6.45, 7) is 0. The van der Waals surface area contributed by atoms with Gasteiger partial charge in [0.05, 0.1) is 10.6 Å². The molecule has 0 unspecified atom stereocenters. The average molecular weight is 370 g/mol. The van der Waals surface area contributed by atoms with E-state index in [0.29, 0.717) is 10.9 Å². The molecule has 0 N–H and O–H groups in total. The van der Waals surface area contributed by atoms with E-state index in [-0.39, 0.29) is 10.7 Å². The van der Waals surface area contributed by atoms with E-state index in [1.165, 1.54) is 16.2 Å². The van der Waals surface area contributed by atoms with Gasteiger partial charge in [-0.25, -0.2) is 0 Å². The molecule has 0 amide bonds. The average Bonchev–Trinajstić information content (AvgIpc) is 2.95. The fourth-order valence-corrected chi connectivity index (χ4v) is 3.02. The largest absolute Gasteiger partial charge is 0.417 e. The number of hydrogen-bond donors (Lipinski definition) is 0. The molecule has 0 aliphatic rings. The molecule has 1 aromatic carbocycles. The number of thioether (sulfide) groups is 1. The lowest BCUT2D eigenvalue weighted by molar-refractivity contribution is -0.137. The molecule has 3 rings (SSSR count). The quantitative estimate of drug-likeness (QED) is 0.591. The lowest BCUT2D eigenvalue weighted by atomic mass is 10.2. The second-order valence-corrected chi connectivity index (χ2v) is 6.27. The minimum atomic E-state index is -4.47. The molecule has 24 heavy (non-hydrogen) atoms. The van der Waals surface area contributed by atoms with Crippen LogP contribution in [-0.4, -0.2) is 20.4 Å². The normalized spacial score (nSPS) is 12.3. The second kappa shape index (κ2) is 6.86. The summed E-state index contributed by atoms with van der Waals surface area (Å²) >= 11 is 7.16. The molecule has 124 valence electrons. The third-order valence-corrected chi connectivity index (χ3v) is 4.35. The van der Waals surface area contributed by atoms with Gasteiger partial charge in [0.15, 0.2) is 10.8 Å². The molecule has 0 bridgehead atoms. The Balaban J connectivity index is 1.80. The lowest BCUT2D eigenvalue weighted by Crippen LogP contribution is -2.07. The molecule has 2 aromatic heterocycles. The summed E-state index contributed by atoms with van der Waals surface area (Å²) in [6.07, 6.45) is 0.336. The summed E-state index contributed by atoms with van der Waals surface area (Å²) in [5.41, 5.74) is 0.423. The maximum atomic E-state index is 12.9. The molecular weight excluding hydrogens is 359 g/mol. The topological polar surface area (TPSA) is 30.2 Å². The first-order chi connectivity index (χ1) is 11.4. The number of fused-ring (bicyclic) bond motifs is 1. The molecule has 0 aliphatic carbocycles. The van der Waals surface area contributed by atoms with Crippen LogP contribution in [0.15, 0.2) is 53.8 Å². The van der Waals surface area contributed by atoms with E-state index in [2.05, 4.69) is 10.2 Å². The van der Waals surface area contributed by atoms with Crippen molar-refractivity contribution in [1.29, 1.82) is 0 Å². The Morgan fingerprint density at radius 3 is 2.62 bits per heavy atom. The molecule has 0 spiro atoms. The molecule has 3 nitrogen and oxygen atoms in total. The van der Waals surface area contributed by atoms with Crippen molar-refractivity contribution in [2.75, 3.05) is 5.75 Å². The number of rotatable bonds is 4. The van der Waals surface area contributed by atoms with Crippen LogP contribution >= 0.6 is 23.4 Å². The van der Waals surface area contributed by atoms with Crippen LogP contribution in [0, 0.1) is 0 Å². The van der Waals surface area contributed by atoms with Gasteiger partial charge in [-0.2, -0.15) is 13.2 Å². The molecule has 8 heteroatoms. The van der Waals surface area contributed by atoms with E-state index in [0.717, 1.165) is 17.8 Å². The monoisotopic (exact) mass is 369 g/mol. The summed E-state index contributed by atoms with van der Waals surface area (Å²) in [6, 6.07) is 10.6. The van der Waals surface area contributed by atoms with Crippen molar-refractivity contribution in [1.82, 2.24) is 14.6 Å². The standard InChI is InChI=1S/C16H11ClF3N3S/c17-13-9-12(16(18,19)20)10-23-14(13)21-22-15(23)24-8-4-7-11-5-2-1-3-6-11/h1-7,9-10H,8H2/b7-4+. The maximum Gasteiger partial charge on any atom is 0.417 e. The molecule has 0 aliphatic heterocycles. The number of halogens is 4. The molecule has 0 saturated heterocycles. The van der Waals surface area contributed by atoms with Gasteiger partial charge in [0, 0.05) is 11.9 Å². The fourth-order valence-electron chi connectivity index (χ4n) is 2.06. The van der Waals surface area contributed by atoms with Gasteiger partial charge in [0.25, 0.3) is 0 Å². The Hall–Kier alpha value is -1.99. The Bertz CT molecular complexity index is 875. The van der Waals surface area contributed by atoms with Crippen LogP contribution in [0.1, 0.15) is 11.1 Å². The van der Waals surface area contributed by atoms with Crippen LogP contribution in [0.2, 0.25) is 5.02 Å². The van der Waals surface area contributed by atoms with Gasteiger partial charge in [-0.15, -0.1) is 10.2 Å². The SMILES string of the molecule is FC(F)(F)c1cc(Cl)c2nnc(SC/C=C/c3ccccc3)n2c1. The van der Waals surface area contributed by atoms with Gasteiger partial charge in [-0.1, -0.05) is 65.8 Å². The van der Waals surface area contributed by atoms with Gasteiger partial charge in [0.1, 0.15) is 0 Å². The number of aromatic nitrogens is 3. The van der Waals surface area contributed by atoms with E-state index >= 15 is 0 Å². The van der Waals surface area contributed by atoms with Crippen molar-refractivity contribution in [3.05, 3.63) is 64.8 Å². The third-order valence-electron chi connectivity index (χ3n) is 3.17. The molecule has 0 fully saturated rings. The molecule has 0 radical (unpaired) electrons. The molecular formula is C16H11ClF3N3S.